The van der Waals surface area contributed by atoms with Gasteiger partial charge in [0.25, 0.3) is 0 Å². The lowest BCUT2D eigenvalue weighted by molar-refractivity contribution is -0.137. The first-order chi connectivity index (χ1) is 9.55. The minimum atomic E-state index is -4.29. The number of alkyl halides is 3. The summed E-state index contributed by atoms with van der Waals surface area (Å²) in [6, 6.07) is 14.8. The Balaban J connectivity index is 1.87. The molecule has 2 aromatic rings. The Bertz CT molecular complexity index is 557. The van der Waals surface area contributed by atoms with E-state index in [2.05, 4.69) is 5.32 Å². The van der Waals surface area contributed by atoms with Gasteiger partial charge in [0.15, 0.2) is 0 Å². The molecular weight excluding hydrogens is 263 g/mol. The molecule has 1 nitrogen and oxygen atoms in total. The van der Waals surface area contributed by atoms with Gasteiger partial charge in [0.1, 0.15) is 0 Å². The van der Waals surface area contributed by atoms with E-state index in [1.54, 1.807) is 0 Å². The van der Waals surface area contributed by atoms with Crippen molar-refractivity contribution < 1.29 is 13.2 Å². The average Bonchev–Trinajstić information content (AvgIpc) is 2.44. The maximum Gasteiger partial charge on any atom is 0.416 e. The van der Waals surface area contributed by atoms with E-state index in [0.717, 1.165) is 17.7 Å². The lowest BCUT2D eigenvalue weighted by Gasteiger charge is -2.08. The molecule has 0 fully saturated rings. The van der Waals surface area contributed by atoms with Crippen LogP contribution < -0.4 is 5.32 Å². The van der Waals surface area contributed by atoms with Crippen LogP contribution in [0.15, 0.2) is 60.7 Å². The highest BCUT2D eigenvalue weighted by Crippen LogP contribution is 2.29. The predicted octanol–water partition coefficient (Wildman–Crippen LogP) is 4.83. The average molecular weight is 277 g/mol. The second-order valence-corrected chi connectivity index (χ2v) is 4.27. The number of rotatable bonds is 4. The van der Waals surface area contributed by atoms with Crippen molar-refractivity contribution in [2.45, 2.75) is 6.18 Å². The van der Waals surface area contributed by atoms with Crippen LogP contribution in [0.5, 0.6) is 0 Å². The molecule has 20 heavy (non-hydrogen) atoms. The van der Waals surface area contributed by atoms with Gasteiger partial charge in [0.2, 0.25) is 0 Å². The molecule has 1 N–H and O–H groups in total. The van der Waals surface area contributed by atoms with E-state index in [9.17, 15) is 13.2 Å². The number of hydrogen-bond acceptors (Lipinski definition) is 1. The highest BCUT2D eigenvalue weighted by Gasteiger charge is 2.29. The molecular formula is C16H14F3N. The first-order valence-electron chi connectivity index (χ1n) is 6.18. The summed E-state index contributed by atoms with van der Waals surface area (Å²) in [5.41, 5.74) is 1.11. The van der Waals surface area contributed by atoms with E-state index in [0.29, 0.717) is 12.2 Å². The summed E-state index contributed by atoms with van der Waals surface area (Å²) < 4.78 is 37.1. The van der Waals surface area contributed by atoms with Gasteiger partial charge in [-0.2, -0.15) is 13.2 Å². The zero-order valence-corrected chi connectivity index (χ0v) is 10.7. The van der Waals surface area contributed by atoms with Gasteiger partial charge in [-0.15, -0.1) is 0 Å². The molecule has 2 aromatic carbocycles. The number of halogens is 3. The van der Waals surface area contributed by atoms with Gasteiger partial charge in [-0.25, -0.2) is 0 Å². The minimum absolute atomic E-state index is 0.556. The smallest absolute Gasteiger partial charge is 0.382 e. The molecule has 0 saturated heterocycles. The fraction of sp³-hybridized carbons (Fsp3) is 0.125. The summed E-state index contributed by atoms with van der Waals surface area (Å²) in [6.07, 6.45) is -0.407. The van der Waals surface area contributed by atoms with E-state index in [1.807, 2.05) is 42.5 Å². The molecule has 0 unspecified atom stereocenters. The third kappa shape index (κ3) is 4.16. The molecule has 104 valence electrons. The molecule has 0 spiro atoms. The van der Waals surface area contributed by atoms with Crippen LogP contribution in [0.4, 0.5) is 18.9 Å². The number of anilines is 1. The van der Waals surface area contributed by atoms with Crippen LogP contribution in [0.3, 0.4) is 0 Å². The molecule has 0 radical (unpaired) electrons. The molecule has 0 bridgehead atoms. The first kappa shape index (κ1) is 14.2. The quantitative estimate of drug-likeness (QED) is 0.844. The van der Waals surface area contributed by atoms with Gasteiger partial charge < -0.3 is 5.32 Å². The van der Waals surface area contributed by atoms with Crippen LogP contribution in [0.1, 0.15) is 11.1 Å². The normalized spacial score (nSPS) is 11.8. The van der Waals surface area contributed by atoms with Crippen LogP contribution in [0, 0.1) is 0 Å². The Morgan fingerprint density at radius 2 is 1.55 bits per heavy atom. The summed E-state index contributed by atoms with van der Waals surface area (Å²) in [5.74, 6) is 0. The lowest BCUT2D eigenvalue weighted by Crippen LogP contribution is -2.05. The fourth-order valence-corrected chi connectivity index (χ4v) is 1.71. The first-order valence-corrected chi connectivity index (χ1v) is 6.18. The van der Waals surface area contributed by atoms with Gasteiger partial charge in [-0.1, -0.05) is 42.5 Å². The molecule has 0 aromatic heterocycles. The van der Waals surface area contributed by atoms with E-state index in [-0.39, 0.29) is 0 Å². The van der Waals surface area contributed by atoms with Crippen molar-refractivity contribution in [1.29, 1.82) is 0 Å². The SMILES string of the molecule is FC(F)(F)c1ccc(NCC=Cc2ccccc2)cc1. The molecule has 0 saturated carbocycles. The van der Waals surface area contributed by atoms with Crippen molar-refractivity contribution in [3.8, 4) is 0 Å². The summed E-state index contributed by atoms with van der Waals surface area (Å²) in [5, 5.41) is 3.04. The van der Waals surface area contributed by atoms with Gasteiger partial charge in [0.05, 0.1) is 5.56 Å². The number of hydrogen-bond donors (Lipinski definition) is 1. The van der Waals surface area contributed by atoms with Gasteiger partial charge in [0, 0.05) is 12.2 Å². The van der Waals surface area contributed by atoms with E-state index in [1.165, 1.54) is 12.1 Å². The minimum Gasteiger partial charge on any atom is -0.382 e. The van der Waals surface area contributed by atoms with Crippen LogP contribution in [-0.2, 0) is 6.18 Å². The van der Waals surface area contributed by atoms with Crippen LogP contribution in [0.2, 0.25) is 0 Å². The van der Waals surface area contributed by atoms with Crippen molar-refractivity contribution >= 4 is 11.8 Å². The van der Waals surface area contributed by atoms with Crippen LogP contribution >= 0.6 is 0 Å². The molecule has 0 atom stereocenters. The second kappa shape index (κ2) is 6.28. The van der Waals surface area contributed by atoms with Crippen molar-refractivity contribution in [3.05, 3.63) is 71.8 Å². The lowest BCUT2D eigenvalue weighted by atomic mass is 10.2. The van der Waals surface area contributed by atoms with Crippen molar-refractivity contribution in [2.75, 3.05) is 11.9 Å². The third-order valence-corrected chi connectivity index (χ3v) is 2.75. The van der Waals surface area contributed by atoms with Gasteiger partial charge >= 0.3 is 6.18 Å². The highest BCUT2D eigenvalue weighted by atomic mass is 19.4. The monoisotopic (exact) mass is 277 g/mol. The summed E-state index contributed by atoms with van der Waals surface area (Å²) >= 11 is 0. The van der Waals surface area contributed by atoms with Crippen molar-refractivity contribution in [1.82, 2.24) is 0 Å². The molecule has 0 aliphatic rings. The second-order valence-electron chi connectivity index (χ2n) is 4.27. The maximum atomic E-state index is 12.4. The molecule has 2 rings (SSSR count). The zero-order valence-electron chi connectivity index (χ0n) is 10.7. The Hall–Kier alpha value is -2.23. The van der Waals surface area contributed by atoms with Gasteiger partial charge in [-0.05, 0) is 29.8 Å². The van der Waals surface area contributed by atoms with Crippen molar-refractivity contribution in [3.63, 3.8) is 0 Å². The molecule has 0 heterocycles. The van der Waals surface area contributed by atoms with E-state index < -0.39 is 11.7 Å². The van der Waals surface area contributed by atoms with Crippen LogP contribution in [0.25, 0.3) is 6.08 Å². The van der Waals surface area contributed by atoms with Crippen LogP contribution in [-0.4, -0.2) is 6.54 Å². The predicted molar refractivity (Wildman–Crippen MR) is 75.4 cm³/mol. The molecule has 0 aliphatic heterocycles. The molecule has 0 amide bonds. The standard InChI is InChI=1S/C16H14F3N/c17-16(18,19)14-8-10-15(11-9-14)20-12-4-7-13-5-2-1-3-6-13/h1-11,20H,12H2. The topological polar surface area (TPSA) is 12.0 Å². The maximum absolute atomic E-state index is 12.4. The Morgan fingerprint density at radius 1 is 0.900 bits per heavy atom. The molecule has 0 aliphatic carbocycles. The van der Waals surface area contributed by atoms with Gasteiger partial charge in [-0.3, -0.25) is 0 Å². The third-order valence-electron chi connectivity index (χ3n) is 2.75. The summed E-state index contributed by atoms with van der Waals surface area (Å²) in [6.45, 7) is 0.556. The highest BCUT2D eigenvalue weighted by molar-refractivity contribution is 5.51. The Labute approximate surface area is 115 Å². The number of nitrogens with one attached hydrogen (secondary N) is 1. The number of benzene rings is 2. The van der Waals surface area contributed by atoms with Crippen molar-refractivity contribution in [2.24, 2.45) is 0 Å². The van der Waals surface area contributed by atoms with E-state index >= 15 is 0 Å². The van der Waals surface area contributed by atoms with E-state index in [4.69, 9.17) is 0 Å². The summed E-state index contributed by atoms with van der Waals surface area (Å²) in [7, 11) is 0. The zero-order chi connectivity index (χ0) is 14.4. The molecule has 4 heteroatoms. The Kier molecular flexibility index (Phi) is 4.45. The summed E-state index contributed by atoms with van der Waals surface area (Å²) in [4.78, 5) is 0. The Morgan fingerprint density at radius 3 is 2.15 bits per heavy atom. The fourth-order valence-electron chi connectivity index (χ4n) is 1.71. The largest absolute Gasteiger partial charge is 0.416 e.